The number of rotatable bonds is 46. The molecule has 0 saturated carbocycles. The van der Waals surface area contributed by atoms with Gasteiger partial charge >= 0.3 is 0 Å². The van der Waals surface area contributed by atoms with Crippen molar-refractivity contribution < 1.29 is 15.0 Å². The third-order valence-corrected chi connectivity index (χ3v) is 11.3. The third-order valence-electron chi connectivity index (χ3n) is 11.3. The zero-order chi connectivity index (χ0) is 44.2. The van der Waals surface area contributed by atoms with Crippen molar-refractivity contribution in [3.8, 4) is 0 Å². The van der Waals surface area contributed by atoms with Crippen molar-refractivity contribution in [3.05, 3.63) is 97.2 Å². The van der Waals surface area contributed by atoms with Crippen LogP contribution in [0.25, 0.3) is 0 Å². The summed E-state index contributed by atoms with van der Waals surface area (Å²) < 4.78 is 0. The summed E-state index contributed by atoms with van der Waals surface area (Å²) in [5.41, 5.74) is 0. The van der Waals surface area contributed by atoms with Crippen LogP contribution in [-0.2, 0) is 4.79 Å². The molecule has 4 heteroatoms. The van der Waals surface area contributed by atoms with Crippen molar-refractivity contribution in [2.75, 3.05) is 6.61 Å². The standard InChI is InChI=1S/C57H99NO3/c1-3-5-7-9-11-13-15-17-19-21-23-25-26-27-28-29-30-31-32-33-35-37-39-41-43-45-47-49-51-53-57(61)58-55(54-59)56(60)52-50-48-46-44-42-40-38-36-34-24-22-20-18-16-14-12-10-8-6-4-2/h5,7,11,13,17,19,23,25,27-28,30-31,42,44,50,52,55-56,59-60H,3-4,6,8-10,12,14-16,18,20-22,24,26,29,32-41,43,45-49,51,53-54H2,1-2H3,(H,58,61)/b7-5-,13-11-,19-17-,25-23-,28-27-,31-30-,44-42+,52-50+. The van der Waals surface area contributed by atoms with E-state index in [4.69, 9.17) is 0 Å². The van der Waals surface area contributed by atoms with Crippen LogP contribution in [0.3, 0.4) is 0 Å². The monoisotopic (exact) mass is 846 g/mol. The summed E-state index contributed by atoms with van der Waals surface area (Å²) >= 11 is 0. The van der Waals surface area contributed by atoms with Crippen molar-refractivity contribution in [1.82, 2.24) is 5.32 Å². The molecular weight excluding hydrogens is 747 g/mol. The highest BCUT2D eigenvalue weighted by molar-refractivity contribution is 5.76. The number of aliphatic hydroxyl groups excluding tert-OH is 2. The maximum absolute atomic E-state index is 12.4. The molecule has 2 atom stereocenters. The first-order valence-corrected chi connectivity index (χ1v) is 26.0. The smallest absolute Gasteiger partial charge is 0.220 e. The maximum atomic E-state index is 12.4. The predicted molar refractivity (Wildman–Crippen MR) is 271 cm³/mol. The minimum Gasteiger partial charge on any atom is -0.394 e. The van der Waals surface area contributed by atoms with Gasteiger partial charge in [0.05, 0.1) is 18.8 Å². The van der Waals surface area contributed by atoms with Gasteiger partial charge in [-0.15, -0.1) is 0 Å². The van der Waals surface area contributed by atoms with Crippen molar-refractivity contribution >= 4 is 5.91 Å². The van der Waals surface area contributed by atoms with Crippen LogP contribution < -0.4 is 5.32 Å². The number of allylic oxidation sites excluding steroid dienone is 15. The molecule has 350 valence electrons. The summed E-state index contributed by atoms with van der Waals surface area (Å²) in [6.07, 6.45) is 76.8. The molecule has 0 radical (unpaired) electrons. The molecule has 3 N–H and O–H groups in total. The zero-order valence-electron chi connectivity index (χ0n) is 40.2. The normalized spacial score (nSPS) is 13.7. The first-order valence-electron chi connectivity index (χ1n) is 26.0. The highest BCUT2D eigenvalue weighted by Crippen LogP contribution is 2.15. The van der Waals surface area contributed by atoms with Gasteiger partial charge < -0.3 is 15.5 Å². The summed E-state index contributed by atoms with van der Waals surface area (Å²) in [6, 6.07) is -0.648. The fourth-order valence-corrected chi connectivity index (χ4v) is 7.37. The number of carbonyl (C=O) groups excluding carboxylic acids is 1. The van der Waals surface area contributed by atoms with Crippen molar-refractivity contribution in [2.45, 2.75) is 251 Å². The Morgan fingerprint density at radius 2 is 0.738 bits per heavy atom. The average molecular weight is 846 g/mol. The van der Waals surface area contributed by atoms with Crippen LogP contribution >= 0.6 is 0 Å². The van der Waals surface area contributed by atoms with Crippen molar-refractivity contribution in [2.24, 2.45) is 0 Å². The lowest BCUT2D eigenvalue weighted by atomic mass is 10.0. The minimum absolute atomic E-state index is 0.0815. The number of carbonyl (C=O) groups is 1. The minimum atomic E-state index is -0.870. The third kappa shape index (κ3) is 48.2. The Balaban J connectivity index is 3.62. The molecule has 2 unspecified atom stereocenters. The first kappa shape index (κ1) is 58.3. The number of hydrogen-bond acceptors (Lipinski definition) is 3. The second-order valence-electron chi connectivity index (χ2n) is 17.2. The molecule has 61 heavy (non-hydrogen) atoms. The Morgan fingerprint density at radius 3 is 1.15 bits per heavy atom. The van der Waals surface area contributed by atoms with E-state index in [0.29, 0.717) is 6.42 Å². The molecule has 0 aromatic rings. The molecule has 1 amide bonds. The number of amides is 1. The van der Waals surface area contributed by atoms with Crippen LogP contribution in [-0.4, -0.2) is 34.9 Å². The number of hydrogen-bond donors (Lipinski definition) is 3. The second kappa shape index (κ2) is 51.7. The van der Waals surface area contributed by atoms with E-state index >= 15 is 0 Å². The fourth-order valence-electron chi connectivity index (χ4n) is 7.37. The fraction of sp³-hybridized carbons (Fsp3) is 0.702. The molecule has 0 fully saturated rings. The molecule has 0 aliphatic heterocycles. The van der Waals surface area contributed by atoms with Crippen LogP contribution in [0.2, 0.25) is 0 Å². The summed E-state index contributed by atoms with van der Waals surface area (Å²) in [7, 11) is 0. The van der Waals surface area contributed by atoms with Gasteiger partial charge in [-0.2, -0.15) is 0 Å². The van der Waals surface area contributed by atoms with Crippen LogP contribution in [0.5, 0.6) is 0 Å². The molecule has 0 saturated heterocycles. The van der Waals surface area contributed by atoms with E-state index in [1.165, 1.54) is 148 Å². The van der Waals surface area contributed by atoms with Gasteiger partial charge in [0.1, 0.15) is 0 Å². The number of unbranched alkanes of at least 4 members (excludes halogenated alkanes) is 25. The molecule has 0 aromatic carbocycles. The van der Waals surface area contributed by atoms with E-state index in [1.807, 2.05) is 6.08 Å². The Labute approximate surface area is 379 Å². The molecule has 0 spiro atoms. The van der Waals surface area contributed by atoms with E-state index in [9.17, 15) is 15.0 Å². The van der Waals surface area contributed by atoms with Gasteiger partial charge in [-0.3, -0.25) is 4.79 Å². The van der Waals surface area contributed by atoms with Crippen molar-refractivity contribution in [3.63, 3.8) is 0 Å². The lowest BCUT2D eigenvalue weighted by molar-refractivity contribution is -0.123. The number of nitrogens with one attached hydrogen (secondary N) is 1. The van der Waals surface area contributed by atoms with E-state index in [1.54, 1.807) is 6.08 Å². The molecule has 0 aliphatic carbocycles. The maximum Gasteiger partial charge on any atom is 0.220 e. The SMILES string of the molecule is CC/C=C\C/C=C\C/C=C\C/C=C\C/C=C\C/C=C\CCCCCCCCCCCCC(=O)NC(CO)C(O)/C=C/CC/C=C/CCCCCCCCCCCCCCCC. The van der Waals surface area contributed by atoms with Crippen LogP contribution in [0.15, 0.2) is 97.2 Å². The van der Waals surface area contributed by atoms with E-state index in [2.05, 4.69) is 104 Å². The Hall–Kier alpha value is -2.69. The highest BCUT2D eigenvalue weighted by Gasteiger charge is 2.17. The molecule has 0 aromatic heterocycles. The largest absolute Gasteiger partial charge is 0.394 e. The summed E-state index contributed by atoms with van der Waals surface area (Å²) in [5, 5.41) is 23.1. The molecule has 4 nitrogen and oxygen atoms in total. The van der Waals surface area contributed by atoms with Gasteiger partial charge in [0.15, 0.2) is 0 Å². The van der Waals surface area contributed by atoms with Gasteiger partial charge in [-0.1, -0.05) is 246 Å². The van der Waals surface area contributed by atoms with Gasteiger partial charge in [0, 0.05) is 6.42 Å². The quantitative estimate of drug-likeness (QED) is 0.0422. The lowest BCUT2D eigenvalue weighted by Gasteiger charge is -2.19. The molecule has 0 bridgehead atoms. The lowest BCUT2D eigenvalue weighted by Crippen LogP contribution is -2.45. The van der Waals surface area contributed by atoms with Gasteiger partial charge in [-0.05, 0) is 83.5 Å². The average Bonchev–Trinajstić information content (AvgIpc) is 3.26. The molecule has 0 heterocycles. The van der Waals surface area contributed by atoms with Crippen LogP contribution in [0.1, 0.15) is 239 Å². The predicted octanol–water partition coefficient (Wildman–Crippen LogP) is 17.0. The van der Waals surface area contributed by atoms with Gasteiger partial charge in [-0.25, -0.2) is 0 Å². The van der Waals surface area contributed by atoms with Crippen LogP contribution in [0.4, 0.5) is 0 Å². The highest BCUT2D eigenvalue weighted by atomic mass is 16.3. The van der Waals surface area contributed by atoms with Crippen LogP contribution in [0, 0.1) is 0 Å². The Morgan fingerprint density at radius 1 is 0.410 bits per heavy atom. The van der Waals surface area contributed by atoms with Gasteiger partial charge in [0.2, 0.25) is 5.91 Å². The zero-order valence-corrected chi connectivity index (χ0v) is 40.2. The summed E-state index contributed by atoms with van der Waals surface area (Å²) in [6.45, 7) is 4.19. The topological polar surface area (TPSA) is 69.6 Å². The van der Waals surface area contributed by atoms with Crippen molar-refractivity contribution in [1.29, 1.82) is 0 Å². The number of aliphatic hydroxyl groups is 2. The Kier molecular flexibility index (Phi) is 49.4. The van der Waals surface area contributed by atoms with E-state index in [0.717, 1.165) is 70.6 Å². The Bertz CT molecular complexity index is 1140. The van der Waals surface area contributed by atoms with E-state index in [-0.39, 0.29) is 12.5 Å². The first-order chi connectivity index (χ1) is 30.2. The molecular formula is C57H99NO3. The molecule has 0 rings (SSSR count). The van der Waals surface area contributed by atoms with E-state index < -0.39 is 12.1 Å². The van der Waals surface area contributed by atoms with Gasteiger partial charge in [0.25, 0.3) is 0 Å². The second-order valence-corrected chi connectivity index (χ2v) is 17.2. The summed E-state index contributed by atoms with van der Waals surface area (Å²) in [5.74, 6) is -0.0815. The molecule has 0 aliphatic rings. The summed E-state index contributed by atoms with van der Waals surface area (Å²) in [4.78, 5) is 12.4.